The summed E-state index contributed by atoms with van der Waals surface area (Å²) in [7, 11) is 0. The fourth-order valence-corrected chi connectivity index (χ4v) is 3.24. The van der Waals surface area contributed by atoms with Crippen LogP contribution in [0.25, 0.3) is 0 Å². The molecule has 0 amide bonds. The molecule has 112 valence electrons. The quantitative estimate of drug-likeness (QED) is 0.870. The molecule has 1 fully saturated rings. The van der Waals surface area contributed by atoms with E-state index in [-0.39, 0.29) is 0 Å². The van der Waals surface area contributed by atoms with Crippen LogP contribution in [0.5, 0.6) is 5.75 Å². The van der Waals surface area contributed by atoms with E-state index < -0.39 is 0 Å². The first-order chi connectivity index (χ1) is 9.56. The van der Waals surface area contributed by atoms with Gasteiger partial charge in [-0.15, -0.1) is 0 Å². The van der Waals surface area contributed by atoms with Crippen molar-refractivity contribution in [1.82, 2.24) is 5.32 Å². The van der Waals surface area contributed by atoms with Crippen molar-refractivity contribution in [1.29, 1.82) is 0 Å². The van der Waals surface area contributed by atoms with Crippen molar-refractivity contribution in [2.24, 2.45) is 11.8 Å². The van der Waals surface area contributed by atoms with Gasteiger partial charge >= 0.3 is 0 Å². The average Bonchev–Trinajstić information content (AvgIpc) is 2.42. The number of hydrogen-bond acceptors (Lipinski definition) is 2. The predicted octanol–water partition coefficient (Wildman–Crippen LogP) is 4.18. The molecule has 0 radical (unpaired) electrons. The van der Waals surface area contributed by atoms with Gasteiger partial charge < -0.3 is 10.1 Å². The minimum Gasteiger partial charge on any atom is -0.492 e. The van der Waals surface area contributed by atoms with Crippen molar-refractivity contribution in [3.05, 3.63) is 29.8 Å². The topological polar surface area (TPSA) is 21.3 Å². The number of benzene rings is 1. The number of aryl methyl sites for hydroxylation is 1. The third kappa shape index (κ3) is 4.24. The second-order valence-corrected chi connectivity index (χ2v) is 6.60. The summed E-state index contributed by atoms with van der Waals surface area (Å²) in [6, 6.07) is 9.32. The third-order valence-electron chi connectivity index (χ3n) is 4.54. The molecule has 0 aliphatic heterocycles. The lowest BCUT2D eigenvalue weighted by atomic mass is 9.78. The summed E-state index contributed by atoms with van der Waals surface area (Å²) in [5.41, 5.74) is 1.27. The Hall–Kier alpha value is -1.02. The lowest BCUT2D eigenvalue weighted by Crippen LogP contribution is -2.48. The normalized spacial score (nSPS) is 28.1. The van der Waals surface area contributed by atoms with E-state index in [1.54, 1.807) is 0 Å². The van der Waals surface area contributed by atoms with Crippen LogP contribution in [-0.4, -0.2) is 18.7 Å². The van der Waals surface area contributed by atoms with Crippen LogP contribution in [0.15, 0.2) is 24.3 Å². The maximum Gasteiger partial charge on any atom is 0.119 e. The first kappa shape index (κ1) is 15.4. The maximum atomic E-state index is 5.87. The van der Waals surface area contributed by atoms with Crippen LogP contribution in [0.4, 0.5) is 0 Å². The molecule has 0 heterocycles. The van der Waals surface area contributed by atoms with E-state index in [9.17, 15) is 0 Å². The summed E-state index contributed by atoms with van der Waals surface area (Å²) in [5, 5.41) is 3.77. The van der Waals surface area contributed by atoms with Crippen LogP contribution >= 0.6 is 0 Å². The smallest absolute Gasteiger partial charge is 0.119 e. The Morgan fingerprint density at radius 1 is 1.15 bits per heavy atom. The van der Waals surface area contributed by atoms with Gasteiger partial charge in [-0.3, -0.25) is 0 Å². The number of hydrogen-bond donors (Lipinski definition) is 1. The molecule has 1 aliphatic carbocycles. The largest absolute Gasteiger partial charge is 0.492 e. The van der Waals surface area contributed by atoms with Crippen LogP contribution in [0.3, 0.4) is 0 Å². The average molecular weight is 275 g/mol. The van der Waals surface area contributed by atoms with Crippen molar-refractivity contribution in [2.75, 3.05) is 6.61 Å². The fourth-order valence-electron chi connectivity index (χ4n) is 3.24. The van der Waals surface area contributed by atoms with Crippen LogP contribution in [0.2, 0.25) is 0 Å². The number of nitrogens with one attached hydrogen (secondary N) is 1. The molecule has 0 bridgehead atoms. The summed E-state index contributed by atoms with van der Waals surface area (Å²) in [6.07, 6.45) is 4.09. The van der Waals surface area contributed by atoms with Crippen molar-refractivity contribution < 1.29 is 4.74 Å². The van der Waals surface area contributed by atoms with Crippen LogP contribution in [0.1, 0.15) is 45.6 Å². The van der Waals surface area contributed by atoms with Gasteiger partial charge in [-0.1, -0.05) is 38.0 Å². The lowest BCUT2D eigenvalue weighted by Gasteiger charge is -2.37. The molecule has 2 heteroatoms. The lowest BCUT2D eigenvalue weighted by molar-refractivity contribution is 0.173. The monoisotopic (exact) mass is 275 g/mol. The third-order valence-corrected chi connectivity index (χ3v) is 4.54. The molecule has 1 saturated carbocycles. The van der Waals surface area contributed by atoms with Crippen LogP contribution < -0.4 is 10.1 Å². The molecule has 3 unspecified atom stereocenters. The summed E-state index contributed by atoms with van der Waals surface area (Å²) in [6.45, 7) is 9.81. The molecule has 1 aromatic carbocycles. The summed E-state index contributed by atoms with van der Waals surface area (Å²) in [4.78, 5) is 0. The summed E-state index contributed by atoms with van der Waals surface area (Å²) >= 11 is 0. The second kappa shape index (κ2) is 7.12. The van der Waals surface area contributed by atoms with Crippen molar-refractivity contribution in [3.8, 4) is 5.75 Å². The van der Waals surface area contributed by atoms with Crippen molar-refractivity contribution >= 4 is 0 Å². The highest BCUT2D eigenvalue weighted by Crippen LogP contribution is 2.29. The maximum absolute atomic E-state index is 5.87. The molecule has 2 rings (SSSR count). The van der Waals surface area contributed by atoms with Gasteiger partial charge in [0.15, 0.2) is 0 Å². The van der Waals surface area contributed by atoms with Gasteiger partial charge in [0.25, 0.3) is 0 Å². The fraction of sp³-hybridized carbons (Fsp3) is 0.667. The molecule has 20 heavy (non-hydrogen) atoms. The first-order valence-electron chi connectivity index (χ1n) is 8.01. The zero-order chi connectivity index (χ0) is 14.5. The van der Waals surface area contributed by atoms with Gasteiger partial charge in [-0.2, -0.15) is 0 Å². The minimum atomic E-state index is 0.393. The van der Waals surface area contributed by atoms with Gasteiger partial charge in [0, 0.05) is 12.1 Å². The molecule has 1 N–H and O–H groups in total. The van der Waals surface area contributed by atoms with Crippen LogP contribution in [0, 0.1) is 18.8 Å². The molecule has 0 saturated heterocycles. The van der Waals surface area contributed by atoms with Crippen molar-refractivity contribution in [3.63, 3.8) is 0 Å². The van der Waals surface area contributed by atoms with E-state index in [0.717, 1.165) is 24.2 Å². The first-order valence-corrected chi connectivity index (χ1v) is 8.01. The highest BCUT2D eigenvalue weighted by atomic mass is 16.5. The predicted molar refractivity (Wildman–Crippen MR) is 85.2 cm³/mol. The van der Waals surface area contributed by atoms with E-state index in [4.69, 9.17) is 4.74 Å². The zero-order valence-electron chi connectivity index (χ0n) is 13.4. The van der Waals surface area contributed by atoms with Crippen LogP contribution in [-0.2, 0) is 0 Å². The molecule has 0 aromatic heterocycles. The molecule has 2 nitrogen and oxygen atoms in total. The molecule has 3 atom stereocenters. The Labute approximate surface area is 123 Å². The summed E-state index contributed by atoms with van der Waals surface area (Å²) in [5.74, 6) is 2.52. The molecule has 1 aromatic rings. The Bertz CT molecular complexity index is 390. The Morgan fingerprint density at radius 2 is 1.75 bits per heavy atom. The Morgan fingerprint density at radius 3 is 2.35 bits per heavy atom. The van der Waals surface area contributed by atoms with Gasteiger partial charge in [-0.05, 0) is 50.7 Å². The van der Waals surface area contributed by atoms with Gasteiger partial charge in [0.2, 0.25) is 0 Å². The highest BCUT2D eigenvalue weighted by Gasteiger charge is 2.28. The zero-order valence-corrected chi connectivity index (χ0v) is 13.4. The molecular formula is C18H29NO. The number of rotatable bonds is 5. The van der Waals surface area contributed by atoms with Crippen molar-refractivity contribution in [2.45, 2.75) is 59.0 Å². The Balaban J connectivity index is 1.79. The molecular weight excluding hydrogens is 246 g/mol. The standard InChI is InChI=1S/C18H29NO/c1-13-8-10-17(11-9-13)20-12-16(4)19-18-14(2)6-5-7-15(18)3/h8-11,14-16,18-19H,5-7,12H2,1-4H3. The van der Waals surface area contributed by atoms with E-state index >= 15 is 0 Å². The second-order valence-electron chi connectivity index (χ2n) is 6.60. The van der Waals surface area contributed by atoms with Gasteiger partial charge in [-0.25, -0.2) is 0 Å². The van der Waals surface area contributed by atoms with E-state index in [2.05, 4.69) is 45.1 Å². The van der Waals surface area contributed by atoms with Gasteiger partial charge in [0.1, 0.15) is 12.4 Å². The summed E-state index contributed by atoms with van der Waals surface area (Å²) < 4.78 is 5.87. The van der Waals surface area contributed by atoms with E-state index in [1.807, 2.05) is 12.1 Å². The number of ether oxygens (including phenoxy) is 1. The Kier molecular flexibility index (Phi) is 5.47. The minimum absolute atomic E-state index is 0.393. The van der Waals surface area contributed by atoms with E-state index in [1.165, 1.54) is 24.8 Å². The van der Waals surface area contributed by atoms with E-state index in [0.29, 0.717) is 12.1 Å². The highest BCUT2D eigenvalue weighted by molar-refractivity contribution is 5.26. The SMILES string of the molecule is Cc1ccc(OCC(C)NC2C(C)CCCC2C)cc1. The molecule has 1 aliphatic rings. The molecule has 0 spiro atoms. The van der Waals surface area contributed by atoms with Gasteiger partial charge in [0.05, 0.1) is 0 Å².